The van der Waals surface area contributed by atoms with E-state index in [1.807, 2.05) is 0 Å². The Morgan fingerprint density at radius 1 is 1.52 bits per heavy atom. The van der Waals surface area contributed by atoms with Crippen molar-refractivity contribution in [1.82, 2.24) is 25.9 Å². The summed E-state index contributed by atoms with van der Waals surface area (Å²) in [5.41, 5.74) is 0.449. The maximum absolute atomic E-state index is 12.3. The molecule has 1 aromatic carbocycles. The molecule has 0 atom stereocenters. The summed E-state index contributed by atoms with van der Waals surface area (Å²) < 4.78 is 5.73. The highest BCUT2D eigenvalue weighted by molar-refractivity contribution is 8.13. The summed E-state index contributed by atoms with van der Waals surface area (Å²) in [5.74, 6) is 0.348. The number of para-hydroxylation sites is 1. The second-order valence-electron chi connectivity index (χ2n) is 4.22. The van der Waals surface area contributed by atoms with Gasteiger partial charge < -0.3 is 4.42 Å². The van der Waals surface area contributed by atoms with Crippen molar-refractivity contribution in [3.63, 3.8) is 0 Å². The van der Waals surface area contributed by atoms with Gasteiger partial charge in [-0.1, -0.05) is 17.8 Å². The quantitative estimate of drug-likeness (QED) is 0.312. The van der Waals surface area contributed by atoms with Crippen LogP contribution in [0.15, 0.2) is 38.5 Å². The lowest BCUT2D eigenvalue weighted by Gasteiger charge is -2.04. The second-order valence-corrected chi connectivity index (χ2v) is 5.02. The fourth-order valence-corrected chi connectivity index (χ4v) is 2.25. The van der Waals surface area contributed by atoms with Gasteiger partial charge >= 0.3 is 0 Å². The third kappa shape index (κ3) is 2.90. The van der Waals surface area contributed by atoms with Gasteiger partial charge in [0.2, 0.25) is 5.82 Å². The summed E-state index contributed by atoms with van der Waals surface area (Å²) >= 11 is 1.26. The fraction of sp³-hybridized carbons (Fsp3) is 0.0769. The van der Waals surface area contributed by atoms with E-state index in [2.05, 4.69) is 30.9 Å². The van der Waals surface area contributed by atoms with Gasteiger partial charge in [0, 0.05) is 6.07 Å². The molecular formula is C13H9N7O2S. The lowest BCUT2D eigenvalue weighted by Crippen LogP contribution is -2.12. The molecule has 0 spiro atoms. The maximum atomic E-state index is 12.3. The van der Waals surface area contributed by atoms with Gasteiger partial charge in [-0.25, -0.2) is 4.99 Å². The van der Waals surface area contributed by atoms with Crippen molar-refractivity contribution in [1.29, 1.82) is 5.26 Å². The molecule has 0 saturated heterocycles. The number of hydrogen-bond donors (Lipinski definition) is 2. The number of benzene rings is 1. The first-order valence-electron chi connectivity index (χ1n) is 6.31. The molecule has 0 bridgehead atoms. The van der Waals surface area contributed by atoms with E-state index in [9.17, 15) is 4.79 Å². The van der Waals surface area contributed by atoms with Crippen LogP contribution in [0.5, 0.6) is 0 Å². The minimum atomic E-state index is -0.248. The van der Waals surface area contributed by atoms with Crippen molar-refractivity contribution in [2.45, 2.75) is 0 Å². The summed E-state index contributed by atoms with van der Waals surface area (Å²) in [5, 5.41) is 25.3. The van der Waals surface area contributed by atoms with Crippen LogP contribution in [-0.2, 0) is 0 Å². The molecule has 2 N–H and O–H groups in total. The average molecular weight is 327 g/mol. The van der Waals surface area contributed by atoms with E-state index < -0.39 is 0 Å². The summed E-state index contributed by atoms with van der Waals surface area (Å²) in [6, 6.07) is 6.30. The molecule has 114 valence electrons. The largest absolute Gasteiger partial charge is 0.450 e. The first-order chi connectivity index (χ1) is 11.2. The molecule has 3 aromatic rings. The SMILES string of the molecule is CSC(=Nc1cccc2c(=O)cc(-c3nn[nH]n3)oc12)NC#N. The van der Waals surface area contributed by atoms with E-state index in [1.54, 1.807) is 30.6 Å². The van der Waals surface area contributed by atoms with E-state index in [-0.39, 0.29) is 22.6 Å². The number of nitrogens with one attached hydrogen (secondary N) is 2. The van der Waals surface area contributed by atoms with Crippen LogP contribution in [0, 0.1) is 11.5 Å². The Balaban J connectivity index is 2.24. The molecule has 0 aliphatic heterocycles. The predicted octanol–water partition coefficient (Wildman–Crippen LogP) is 1.39. The van der Waals surface area contributed by atoms with Crippen LogP contribution in [0.1, 0.15) is 0 Å². The first-order valence-corrected chi connectivity index (χ1v) is 7.54. The number of thioether (sulfide) groups is 1. The molecule has 0 amide bonds. The van der Waals surface area contributed by atoms with Gasteiger partial charge in [-0.2, -0.15) is 10.5 Å². The zero-order chi connectivity index (χ0) is 16.2. The number of aromatic nitrogens is 4. The number of H-pyrrole nitrogens is 1. The minimum absolute atomic E-state index is 0.169. The number of nitrogens with zero attached hydrogens (tertiary/aromatic N) is 5. The van der Waals surface area contributed by atoms with Gasteiger partial charge in [-0.15, -0.1) is 10.2 Å². The normalized spacial score (nSPS) is 11.4. The number of fused-ring (bicyclic) bond motifs is 1. The monoisotopic (exact) mass is 327 g/mol. The number of hydrogen-bond acceptors (Lipinski definition) is 8. The fourth-order valence-electron chi connectivity index (χ4n) is 1.91. The minimum Gasteiger partial charge on any atom is -0.450 e. The third-order valence-corrected chi connectivity index (χ3v) is 3.46. The molecule has 2 heterocycles. The molecular weight excluding hydrogens is 318 g/mol. The Kier molecular flexibility index (Phi) is 4.03. The van der Waals surface area contributed by atoms with Crippen molar-refractivity contribution in [2.24, 2.45) is 4.99 Å². The number of aromatic amines is 1. The number of tetrazole rings is 1. The predicted molar refractivity (Wildman–Crippen MR) is 85.0 cm³/mol. The van der Waals surface area contributed by atoms with Gasteiger partial charge in [0.25, 0.3) is 0 Å². The van der Waals surface area contributed by atoms with E-state index in [1.165, 1.54) is 17.8 Å². The zero-order valence-electron chi connectivity index (χ0n) is 11.8. The zero-order valence-corrected chi connectivity index (χ0v) is 12.6. The number of nitriles is 1. The van der Waals surface area contributed by atoms with Crippen LogP contribution in [0.3, 0.4) is 0 Å². The van der Waals surface area contributed by atoms with Crippen LogP contribution in [0.2, 0.25) is 0 Å². The molecule has 0 saturated carbocycles. The number of aliphatic imine (C=N–C) groups is 1. The number of amidine groups is 1. The lowest BCUT2D eigenvalue weighted by molar-refractivity contribution is 0.613. The molecule has 0 fully saturated rings. The van der Waals surface area contributed by atoms with Crippen LogP contribution in [0.25, 0.3) is 22.6 Å². The topological polar surface area (TPSA) is 133 Å². The summed E-state index contributed by atoms with van der Waals surface area (Å²) in [7, 11) is 0. The molecule has 23 heavy (non-hydrogen) atoms. The Labute approximate surface area is 133 Å². The van der Waals surface area contributed by atoms with E-state index in [0.29, 0.717) is 16.2 Å². The van der Waals surface area contributed by atoms with Gasteiger partial charge in [-0.05, 0) is 23.6 Å². The number of rotatable bonds is 2. The third-order valence-electron chi connectivity index (χ3n) is 2.88. The molecule has 9 nitrogen and oxygen atoms in total. The maximum Gasteiger partial charge on any atom is 0.239 e. The Morgan fingerprint density at radius 3 is 3.09 bits per heavy atom. The second kappa shape index (κ2) is 6.29. The van der Waals surface area contributed by atoms with Crippen LogP contribution >= 0.6 is 11.8 Å². The highest BCUT2D eigenvalue weighted by Gasteiger charge is 2.13. The molecule has 0 aliphatic rings. The highest BCUT2D eigenvalue weighted by Crippen LogP contribution is 2.27. The van der Waals surface area contributed by atoms with E-state index in [0.717, 1.165) is 0 Å². The van der Waals surface area contributed by atoms with Crippen LogP contribution in [0.4, 0.5) is 5.69 Å². The van der Waals surface area contributed by atoms with E-state index in [4.69, 9.17) is 9.68 Å². The van der Waals surface area contributed by atoms with E-state index >= 15 is 0 Å². The molecule has 10 heteroatoms. The van der Waals surface area contributed by atoms with Crippen molar-refractivity contribution in [2.75, 3.05) is 6.26 Å². The van der Waals surface area contributed by atoms with Gasteiger partial charge in [0.05, 0.1) is 5.39 Å². The van der Waals surface area contributed by atoms with Gasteiger partial charge in [-0.3, -0.25) is 10.1 Å². The highest BCUT2D eigenvalue weighted by atomic mass is 32.2. The lowest BCUT2D eigenvalue weighted by atomic mass is 10.2. The Morgan fingerprint density at radius 2 is 2.39 bits per heavy atom. The molecule has 0 aliphatic carbocycles. The van der Waals surface area contributed by atoms with Crippen molar-refractivity contribution in [3.8, 4) is 17.8 Å². The van der Waals surface area contributed by atoms with Crippen molar-refractivity contribution < 1.29 is 4.42 Å². The summed E-state index contributed by atoms with van der Waals surface area (Å²) in [6.07, 6.45) is 3.58. The van der Waals surface area contributed by atoms with Gasteiger partial charge in [0.1, 0.15) is 5.69 Å². The first kappa shape index (κ1) is 14.7. The summed E-state index contributed by atoms with van der Waals surface area (Å²) in [6.45, 7) is 0. The molecule has 3 rings (SSSR count). The van der Waals surface area contributed by atoms with Crippen LogP contribution in [-0.4, -0.2) is 32.0 Å². The smallest absolute Gasteiger partial charge is 0.239 e. The van der Waals surface area contributed by atoms with Crippen LogP contribution < -0.4 is 10.7 Å². The summed E-state index contributed by atoms with van der Waals surface area (Å²) in [4.78, 5) is 16.6. The average Bonchev–Trinajstić information content (AvgIpc) is 3.09. The Bertz CT molecular complexity index is 972. The Hall–Kier alpha value is -3.19. The van der Waals surface area contributed by atoms with Crippen molar-refractivity contribution >= 4 is 33.6 Å². The molecule has 0 unspecified atom stereocenters. The standard InChI is InChI=1S/C13H9N7O2S/c1-23-13(15-6-14)16-8-4-2-3-7-9(21)5-10(22-11(7)8)12-17-19-20-18-12/h2-5H,1H3,(H,15,16)(H,17,18,19,20). The van der Waals surface area contributed by atoms with Gasteiger partial charge in [0.15, 0.2) is 28.1 Å². The van der Waals surface area contributed by atoms with Crippen molar-refractivity contribution in [3.05, 3.63) is 34.5 Å². The molecule has 0 radical (unpaired) electrons. The molecule has 2 aromatic heterocycles.